The first-order chi connectivity index (χ1) is 10.0. The van der Waals surface area contributed by atoms with Crippen LogP contribution >= 0.6 is 0 Å². The van der Waals surface area contributed by atoms with Gasteiger partial charge in [-0.1, -0.05) is 13.3 Å². The van der Waals surface area contributed by atoms with Gasteiger partial charge < -0.3 is 9.84 Å². The van der Waals surface area contributed by atoms with Crippen molar-refractivity contribution in [3.63, 3.8) is 0 Å². The van der Waals surface area contributed by atoms with Gasteiger partial charge in [0.25, 0.3) is 0 Å². The first-order valence-corrected chi connectivity index (χ1v) is 8.83. The lowest BCUT2D eigenvalue weighted by molar-refractivity contribution is 0.201. The zero-order valence-electron chi connectivity index (χ0n) is 12.3. The second-order valence-corrected chi connectivity index (χ2v) is 7.38. The summed E-state index contributed by atoms with van der Waals surface area (Å²) in [5.41, 5.74) is 0.187. The van der Waals surface area contributed by atoms with Gasteiger partial charge in [-0.15, -0.1) is 0 Å². The molecule has 0 aliphatic heterocycles. The number of benzene rings is 1. The van der Waals surface area contributed by atoms with E-state index < -0.39 is 10.0 Å². The van der Waals surface area contributed by atoms with Crippen molar-refractivity contribution in [3.05, 3.63) is 24.3 Å². The zero-order valence-corrected chi connectivity index (χ0v) is 13.2. The smallest absolute Gasteiger partial charge is 0.240 e. The van der Waals surface area contributed by atoms with Gasteiger partial charge >= 0.3 is 0 Å². The Morgan fingerprint density at radius 2 is 1.95 bits per heavy atom. The van der Waals surface area contributed by atoms with E-state index in [1.165, 1.54) is 12.1 Å². The van der Waals surface area contributed by atoms with Crippen LogP contribution in [0.4, 0.5) is 0 Å². The molecule has 5 nitrogen and oxygen atoms in total. The van der Waals surface area contributed by atoms with Crippen molar-refractivity contribution in [2.45, 2.75) is 37.5 Å². The summed E-state index contributed by atoms with van der Waals surface area (Å²) in [4.78, 5) is 0.242. The molecule has 1 fully saturated rings. The second-order valence-electron chi connectivity index (χ2n) is 5.62. The molecule has 2 rings (SSSR count). The Labute approximate surface area is 126 Å². The lowest BCUT2D eigenvalue weighted by atomic mass is 10.0. The molecule has 1 aliphatic carbocycles. The third-order valence-electron chi connectivity index (χ3n) is 3.87. The number of nitrogens with one attached hydrogen (secondary N) is 1. The second kappa shape index (κ2) is 6.77. The van der Waals surface area contributed by atoms with Gasteiger partial charge in [-0.25, -0.2) is 13.1 Å². The highest BCUT2D eigenvalue weighted by Gasteiger charge is 2.42. The van der Waals surface area contributed by atoms with E-state index >= 15 is 0 Å². The number of hydrogen-bond donors (Lipinski definition) is 2. The maximum Gasteiger partial charge on any atom is 0.240 e. The van der Waals surface area contributed by atoms with Crippen LogP contribution in [-0.4, -0.2) is 33.3 Å². The fourth-order valence-electron chi connectivity index (χ4n) is 2.43. The molecule has 0 aromatic heterocycles. The minimum atomic E-state index is -3.46. The monoisotopic (exact) mass is 313 g/mol. The van der Waals surface area contributed by atoms with E-state index in [-0.39, 0.29) is 23.5 Å². The molecule has 0 atom stereocenters. The van der Waals surface area contributed by atoms with Crippen LogP contribution in [0, 0.1) is 5.41 Å². The minimum absolute atomic E-state index is 0.0683. The molecule has 0 amide bonds. The van der Waals surface area contributed by atoms with E-state index in [1.807, 2.05) is 0 Å². The Morgan fingerprint density at radius 3 is 2.48 bits per heavy atom. The van der Waals surface area contributed by atoms with Gasteiger partial charge in [0.2, 0.25) is 10.0 Å². The molecule has 1 saturated carbocycles. The summed E-state index contributed by atoms with van der Waals surface area (Å²) in [6.45, 7) is 2.77. The lowest BCUT2D eigenvalue weighted by Crippen LogP contribution is -2.30. The average Bonchev–Trinajstić information content (AvgIpc) is 3.24. The van der Waals surface area contributed by atoms with E-state index in [4.69, 9.17) is 9.84 Å². The van der Waals surface area contributed by atoms with Crippen LogP contribution in [0.25, 0.3) is 0 Å². The summed E-state index contributed by atoms with van der Waals surface area (Å²) in [6, 6.07) is 6.25. The van der Waals surface area contributed by atoms with Gasteiger partial charge in [-0.3, -0.25) is 0 Å². The number of hydrogen-bond acceptors (Lipinski definition) is 4. The summed E-state index contributed by atoms with van der Waals surface area (Å²) in [5, 5.41) is 8.68. The van der Waals surface area contributed by atoms with Crippen LogP contribution in [0.1, 0.15) is 32.6 Å². The van der Waals surface area contributed by atoms with Crippen molar-refractivity contribution in [1.82, 2.24) is 4.72 Å². The van der Waals surface area contributed by atoms with Crippen molar-refractivity contribution in [2.75, 3.05) is 19.8 Å². The van der Waals surface area contributed by atoms with Crippen LogP contribution in [-0.2, 0) is 10.0 Å². The SMILES string of the molecule is CCCC1(CNS(=O)(=O)c2ccc(OCCO)cc2)CC1. The van der Waals surface area contributed by atoms with E-state index in [2.05, 4.69) is 11.6 Å². The molecular weight excluding hydrogens is 290 g/mol. The van der Waals surface area contributed by atoms with E-state index in [1.54, 1.807) is 12.1 Å². The Hall–Kier alpha value is -1.11. The van der Waals surface area contributed by atoms with Crippen molar-refractivity contribution in [3.8, 4) is 5.75 Å². The first-order valence-electron chi connectivity index (χ1n) is 7.35. The summed E-state index contributed by atoms with van der Waals surface area (Å²) < 4.78 is 32.4. The molecule has 1 aromatic rings. The number of ether oxygens (including phenoxy) is 1. The molecule has 118 valence electrons. The molecule has 0 radical (unpaired) electrons. The van der Waals surface area contributed by atoms with E-state index in [0.717, 1.165) is 25.7 Å². The van der Waals surface area contributed by atoms with Crippen molar-refractivity contribution in [2.24, 2.45) is 5.41 Å². The Morgan fingerprint density at radius 1 is 1.29 bits per heavy atom. The molecule has 6 heteroatoms. The summed E-state index contributed by atoms with van der Waals surface area (Å²) >= 11 is 0. The Kier molecular flexibility index (Phi) is 5.24. The van der Waals surface area contributed by atoms with Crippen molar-refractivity contribution >= 4 is 10.0 Å². The number of rotatable bonds is 9. The van der Waals surface area contributed by atoms with Gasteiger partial charge in [-0.2, -0.15) is 0 Å². The Bertz CT molecular complexity index is 550. The van der Waals surface area contributed by atoms with E-state index in [9.17, 15) is 8.42 Å². The molecule has 0 heterocycles. The molecule has 21 heavy (non-hydrogen) atoms. The van der Waals surface area contributed by atoms with E-state index in [0.29, 0.717) is 12.3 Å². The lowest BCUT2D eigenvalue weighted by Gasteiger charge is -2.15. The van der Waals surface area contributed by atoms with Crippen LogP contribution in [0.3, 0.4) is 0 Å². The average molecular weight is 313 g/mol. The molecule has 1 aromatic carbocycles. The predicted octanol–water partition coefficient (Wildman–Crippen LogP) is 1.92. The van der Waals surface area contributed by atoms with Crippen LogP contribution in [0.15, 0.2) is 29.2 Å². The maximum absolute atomic E-state index is 12.2. The fourth-order valence-corrected chi connectivity index (χ4v) is 3.59. The standard InChI is InChI=1S/C15H23NO4S/c1-2-7-15(8-9-15)12-16-21(18,19)14-5-3-13(4-6-14)20-11-10-17/h3-6,16-17H,2,7-12H2,1H3. The zero-order chi connectivity index (χ0) is 15.3. The van der Waals surface area contributed by atoms with Gasteiger partial charge in [0, 0.05) is 6.54 Å². The molecular formula is C15H23NO4S. The van der Waals surface area contributed by atoms with Crippen molar-refractivity contribution in [1.29, 1.82) is 0 Å². The number of sulfonamides is 1. The number of aliphatic hydroxyl groups excluding tert-OH is 1. The maximum atomic E-state index is 12.2. The highest BCUT2D eigenvalue weighted by atomic mass is 32.2. The largest absolute Gasteiger partial charge is 0.491 e. The van der Waals surface area contributed by atoms with Crippen molar-refractivity contribution < 1.29 is 18.3 Å². The fraction of sp³-hybridized carbons (Fsp3) is 0.600. The third kappa shape index (κ3) is 4.43. The topological polar surface area (TPSA) is 75.6 Å². The van der Waals surface area contributed by atoms with Gasteiger partial charge in [-0.05, 0) is 48.9 Å². The van der Waals surface area contributed by atoms with Crippen LogP contribution in [0.2, 0.25) is 0 Å². The molecule has 0 unspecified atom stereocenters. The van der Waals surface area contributed by atoms with Gasteiger partial charge in [0.05, 0.1) is 11.5 Å². The minimum Gasteiger partial charge on any atom is -0.491 e. The molecule has 0 spiro atoms. The van der Waals surface area contributed by atoms with Gasteiger partial charge in [0.15, 0.2) is 0 Å². The first kappa shape index (κ1) is 16.3. The third-order valence-corrected chi connectivity index (χ3v) is 5.29. The normalized spacial score (nSPS) is 16.7. The van der Waals surface area contributed by atoms with Gasteiger partial charge in [0.1, 0.15) is 12.4 Å². The predicted molar refractivity (Wildman–Crippen MR) is 80.8 cm³/mol. The molecule has 1 aliphatic rings. The number of aliphatic hydroxyl groups is 1. The van der Waals surface area contributed by atoms with Crippen LogP contribution < -0.4 is 9.46 Å². The summed E-state index contributed by atoms with van der Waals surface area (Å²) in [7, 11) is -3.46. The highest BCUT2D eigenvalue weighted by Crippen LogP contribution is 2.49. The quantitative estimate of drug-likeness (QED) is 0.730. The molecule has 2 N–H and O–H groups in total. The summed E-state index contributed by atoms with van der Waals surface area (Å²) in [5.74, 6) is 0.549. The highest BCUT2D eigenvalue weighted by molar-refractivity contribution is 7.89. The molecule has 0 saturated heterocycles. The van der Waals surface area contributed by atoms with Crippen LogP contribution in [0.5, 0.6) is 5.75 Å². The Balaban J connectivity index is 1.96. The summed E-state index contributed by atoms with van der Waals surface area (Å²) in [6.07, 6.45) is 4.37. The molecule has 0 bridgehead atoms.